The summed E-state index contributed by atoms with van der Waals surface area (Å²) >= 11 is 0. The van der Waals surface area contributed by atoms with Gasteiger partial charge in [-0.2, -0.15) is 13.2 Å². The van der Waals surface area contributed by atoms with Gasteiger partial charge in [0.2, 0.25) is 0 Å². The van der Waals surface area contributed by atoms with Crippen LogP contribution in [0.3, 0.4) is 0 Å². The quantitative estimate of drug-likeness (QED) is 0.753. The van der Waals surface area contributed by atoms with Crippen LogP contribution in [0.2, 0.25) is 0 Å². The topological polar surface area (TPSA) is 72.2 Å². The third kappa shape index (κ3) is 3.05. The van der Waals surface area contributed by atoms with E-state index in [9.17, 15) is 21.6 Å². The number of halogens is 3. The molecule has 1 saturated carbocycles. The molecule has 1 aliphatic carbocycles. The van der Waals surface area contributed by atoms with Gasteiger partial charge in [0.15, 0.2) is 0 Å². The number of nitrogens with two attached hydrogens (primary N) is 1. The molecule has 0 saturated heterocycles. The molecule has 3 N–H and O–H groups in total. The lowest BCUT2D eigenvalue weighted by Gasteiger charge is -2.29. The number of hydrogen-bond acceptors (Lipinski definition) is 3. The zero-order chi connectivity index (χ0) is 11.7. The molecule has 1 aliphatic rings. The number of nitrogens with one attached hydrogen (secondary N) is 1. The summed E-state index contributed by atoms with van der Waals surface area (Å²) in [5.74, 6) is 0. The van der Waals surface area contributed by atoms with E-state index < -0.39 is 27.6 Å². The maximum Gasteiger partial charge on any atom is 0.511 e. The molecule has 0 heterocycles. The molecule has 0 aromatic heterocycles. The minimum Gasteiger partial charge on any atom is -0.326 e. The van der Waals surface area contributed by atoms with Gasteiger partial charge in [-0.25, -0.2) is 13.1 Å². The highest BCUT2D eigenvalue weighted by Crippen LogP contribution is 2.25. The van der Waals surface area contributed by atoms with Crippen LogP contribution in [-0.2, 0) is 10.0 Å². The summed E-state index contributed by atoms with van der Waals surface area (Å²) in [5, 5.41) is 0. The first-order valence-electron chi connectivity index (χ1n) is 4.58. The van der Waals surface area contributed by atoms with Crippen LogP contribution in [-0.4, -0.2) is 26.0 Å². The van der Waals surface area contributed by atoms with Crippen molar-refractivity contribution < 1.29 is 21.6 Å². The van der Waals surface area contributed by atoms with E-state index in [0.29, 0.717) is 19.3 Å². The van der Waals surface area contributed by atoms with E-state index >= 15 is 0 Å². The van der Waals surface area contributed by atoms with Gasteiger partial charge in [-0.1, -0.05) is 12.8 Å². The summed E-state index contributed by atoms with van der Waals surface area (Å²) in [6.45, 7) is 0. The minimum absolute atomic E-state index is 0.358. The number of sulfonamides is 1. The van der Waals surface area contributed by atoms with Crippen LogP contribution < -0.4 is 10.5 Å². The summed E-state index contributed by atoms with van der Waals surface area (Å²) < 4.78 is 59.2. The Morgan fingerprint density at radius 3 is 2.20 bits per heavy atom. The molecule has 4 nitrogen and oxygen atoms in total. The fourth-order valence-corrected chi connectivity index (χ4v) is 2.40. The van der Waals surface area contributed by atoms with Crippen LogP contribution in [0.4, 0.5) is 13.2 Å². The van der Waals surface area contributed by atoms with Crippen molar-refractivity contribution in [1.82, 2.24) is 4.72 Å². The molecule has 1 rings (SSSR count). The second-order valence-electron chi connectivity index (χ2n) is 3.62. The van der Waals surface area contributed by atoms with Gasteiger partial charge in [-0.15, -0.1) is 0 Å². The summed E-state index contributed by atoms with van der Waals surface area (Å²) in [6.07, 6.45) is 2.42. The van der Waals surface area contributed by atoms with E-state index in [1.807, 2.05) is 0 Å². The summed E-state index contributed by atoms with van der Waals surface area (Å²) in [4.78, 5) is 0. The van der Waals surface area contributed by atoms with Crippen LogP contribution in [0.1, 0.15) is 25.7 Å². The third-order valence-corrected chi connectivity index (χ3v) is 3.65. The zero-order valence-corrected chi connectivity index (χ0v) is 8.74. The second-order valence-corrected chi connectivity index (χ2v) is 5.33. The lowest BCUT2D eigenvalue weighted by atomic mass is 9.92. The van der Waals surface area contributed by atoms with Crippen LogP contribution in [0.15, 0.2) is 0 Å². The largest absolute Gasteiger partial charge is 0.511 e. The maximum absolute atomic E-state index is 12.0. The average molecular weight is 246 g/mol. The Balaban J connectivity index is 2.69. The van der Waals surface area contributed by atoms with E-state index in [2.05, 4.69) is 0 Å². The third-order valence-electron chi connectivity index (χ3n) is 2.43. The summed E-state index contributed by atoms with van der Waals surface area (Å²) in [5.41, 5.74) is 0.275. The lowest BCUT2D eigenvalue weighted by Crippen LogP contribution is -2.52. The summed E-state index contributed by atoms with van der Waals surface area (Å²) in [6, 6.07) is -1.33. The van der Waals surface area contributed by atoms with Crippen molar-refractivity contribution in [2.24, 2.45) is 5.73 Å². The molecule has 0 aromatic carbocycles. The Morgan fingerprint density at radius 1 is 1.20 bits per heavy atom. The lowest BCUT2D eigenvalue weighted by molar-refractivity contribution is -0.0452. The molecular weight excluding hydrogens is 233 g/mol. The van der Waals surface area contributed by atoms with Crippen molar-refractivity contribution in [1.29, 1.82) is 0 Å². The van der Waals surface area contributed by atoms with Gasteiger partial charge in [-0.05, 0) is 12.8 Å². The summed E-state index contributed by atoms with van der Waals surface area (Å²) in [7, 11) is -5.26. The van der Waals surface area contributed by atoms with E-state index in [-0.39, 0.29) is 0 Å². The van der Waals surface area contributed by atoms with Crippen molar-refractivity contribution >= 4 is 10.0 Å². The number of rotatable bonds is 2. The van der Waals surface area contributed by atoms with Crippen molar-refractivity contribution in [2.75, 3.05) is 0 Å². The maximum atomic E-state index is 12.0. The average Bonchev–Trinajstić information content (AvgIpc) is 2.06. The van der Waals surface area contributed by atoms with Gasteiger partial charge in [0.05, 0.1) is 0 Å². The van der Waals surface area contributed by atoms with E-state index in [0.717, 1.165) is 6.42 Å². The fourth-order valence-electron chi connectivity index (χ4n) is 1.57. The smallest absolute Gasteiger partial charge is 0.326 e. The Hall–Kier alpha value is -0.340. The minimum atomic E-state index is -5.26. The Bertz CT molecular complexity index is 315. The van der Waals surface area contributed by atoms with E-state index in [4.69, 9.17) is 5.73 Å². The standard InChI is InChI=1S/C7H13F3N2O2S/c8-7(9,10)15(13,14)12-6-4-2-1-3-5(6)11/h5-6,12H,1-4,11H2/t5-,6+/m0/s1. The predicted molar refractivity (Wildman–Crippen MR) is 48.3 cm³/mol. The van der Waals surface area contributed by atoms with Crippen molar-refractivity contribution in [3.8, 4) is 0 Å². The highest BCUT2D eigenvalue weighted by Gasteiger charge is 2.47. The molecule has 0 amide bonds. The first-order valence-corrected chi connectivity index (χ1v) is 6.06. The number of alkyl halides is 3. The molecule has 0 aliphatic heterocycles. The van der Waals surface area contributed by atoms with Crippen molar-refractivity contribution in [2.45, 2.75) is 43.3 Å². The Morgan fingerprint density at radius 2 is 1.73 bits per heavy atom. The van der Waals surface area contributed by atoms with Gasteiger partial charge >= 0.3 is 15.5 Å². The molecule has 0 unspecified atom stereocenters. The van der Waals surface area contributed by atoms with Gasteiger partial charge in [0, 0.05) is 12.1 Å². The van der Waals surface area contributed by atoms with Crippen LogP contribution in [0.25, 0.3) is 0 Å². The van der Waals surface area contributed by atoms with E-state index in [1.54, 1.807) is 4.72 Å². The number of hydrogen-bond donors (Lipinski definition) is 2. The molecule has 15 heavy (non-hydrogen) atoms. The molecule has 8 heteroatoms. The SMILES string of the molecule is N[C@H]1CCCC[C@H]1NS(=O)(=O)C(F)(F)F. The molecule has 0 spiro atoms. The zero-order valence-electron chi connectivity index (χ0n) is 7.92. The molecule has 1 fully saturated rings. The van der Waals surface area contributed by atoms with Crippen LogP contribution in [0, 0.1) is 0 Å². The van der Waals surface area contributed by atoms with Gasteiger partial charge < -0.3 is 5.73 Å². The highest BCUT2D eigenvalue weighted by atomic mass is 32.2. The normalized spacial score (nSPS) is 29.1. The van der Waals surface area contributed by atoms with Gasteiger partial charge in [0.1, 0.15) is 0 Å². The van der Waals surface area contributed by atoms with E-state index in [1.165, 1.54) is 0 Å². The molecule has 0 aromatic rings. The Kier molecular flexibility index (Phi) is 3.62. The molecular formula is C7H13F3N2O2S. The molecule has 0 radical (unpaired) electrons. The van der Waals surface area contributed by atoms with Crippen molar-refractivity contribution in [3.05, 3.63) is 0 Å². The molecule has 90 valence electrons. The van der Waals surface area contributed by atoms with Gasteiger partial charge in [-0.3, -0.25) is 0 Å². The van der Waals surface area contributed by atoms with Crippen LogP contribution in [0.5, 0.6) is 0 Å². The first kappa shape index (κ1) is 12.7. The Labute approximate surface area is 86.1 Å². The molecule has 0 bridgehead atoms. The first-order chi connectivity index (χ1) is 6.74. The van der Waals surface area contributed by atoms with Crippen LogP contribution >= 0.6 is 0 Å². The monoisotopic (exact) mass is 246 g/mol. The highest BCUT2D eigenvalue weighted by molar-refractivity contribution is 7.90. The fraction of sp³-hybridized carbons (Fsp3) is 1.00. The van der Waals surface area contributed by atoms with Gasteiger partial charge in [0.25, 0.3) is 0 Å². The predicted octanol–water partition coefficient (Wildman–Crippen LogP) is 0.696. The second kappa shape index (κ2) is 4.26. The van der Waals surface area contributed by atoms with Crippen molar-refractivity contribution in [3.63, 3.8) is 0 Å². The molecule has 2 atom stereocenters.